The van der Waals surface area contributed by atoms with Crippen LogP contribution in [0.1, 0.15) is 6.42 Å². The van der Waals surface area contributed by atoms with Crippen LogP contribution in [-0.4, -0.2) is 9.78 Å². The van der Waals surface area contributed by atoms with Crippen LogP contribution in [0.5, 0.6) is 0 Å². The smallest absolute Gasteiger partial charge is 0.154 e. The quantitative estimate of drug-likeness (QED) is 0.820. The fraction of sp³-hybridized carbons (Fsp3) is 0.200. The average molecular weight is 202 g/mol. The Bertz CT molecular complexity index is 478. The number of furan rings is 1. The molecule has 2 aromatic rings. The van der Waals surface area contributed by atoms with Crippen molar-refractivity contribution in [1.29, 1.82) is 5.26 Å². The fourth-order valence-corrected chi connectivity index (χ4v) is 1.31. The molecular weight excluding hydrogens is 192 g/mol. The summed E-state index contributed by atoms with van der Waals surface area (Å²) >= 11 is 0. The molecule has 0 aromatic carbocycles. The van der Waals surface area contributed by atoms with Gasteiger partial charge in [-0.15, -0.1) is 0 Å². The number of nitrogens with two attached hydrogens (primary N) is 1. The van der Waals surface area contributed by atoms with Crippen molar-refractivity contribution >= 4 is 5.82 Å². The lowest BCUT2D eigenvalue weighted by molar-refractivity contribution is 0.574. The molecule has 0 amide bonds. The molecule has 2 N–H and O–H groups in total. The van der Waals surface area contributed by atoms with Crippen molar-refractivity contribution in [3.05, 3.63) is 24.5 Å². The van der Waals surface area contributed by atoms with Gasteiger partial charge in [-0.2, -0.15) is 10.4 Å². The standard InChI is InChI=1S/C10H10N4O/c11-4-2-5-14-10(12)7-8(13-14)9-3-1-6-15-9/h1,3,6-7H,2,5,12H2. The maximum Gasteiger partial charge on any atom is 0.154 e. The third-order valence-corrected chi connectivity index (χ3v) is 2.02. The number of hydrogen-bond acceptors (Lipinski definition) is 4. The molecular formula is C10H10N4O. The van der Waals surface area contributed by atoms with Crippen molar-refractivity contribution in [2.24, 2.45) is 0 Å². The molecule has 0 unspecified atom stereocenters. The monoisotopic (exact) mass is 202 g/mol. The van der Waals surface area contributed by atoms with E-state index in [4.69, 9.17) is 15.4 Å². The maximum atomic E-state index is 8.46. The molecule has 0 aliphatic rings. The van der Waals surface area contributed by atoms with Gasteiger partial charge in [0.15, 0.2) is 5.76 Å². The average Bonchev–Trinajstić information content (AvgIpc) is 2.83. The largest absolute Gasteiger partial charge is 0.463 e. The summed E-state index contributed by atoms with van der Waals surface area (Å²) in [5.41, 5.74) is 6.43. The SMILES string of the molecule is N#CCCn1nc(-c2ccco2)cc1N. The maximum absolute atomic E-state index is 8.46. The molecule has 0 fully saturated rings. The van der Waals surface area contributed by atoms with E-state index in [1.54, 1.807) is 23.1 Å². The molecule has 0 spiro atoms. The molecule has 2 aromatic heterocycles. The Morgan fingerprint density at radius 1 is 1.60 bits per heavy atom. The first-order chi connectivity index (χ1) is 7.31. The summed E-state index contributed by atoms with van der Waals surface area (Å²) in [6, 6.07) is 7.39. The summed E-state index contributed by atoms with van der Waals surface area (Å²) in [4.78, 5) is 0. The first-order valence-electron chi connectivity index (χ1n) is 4.55. The van der Waals surface area contributed by atoms with Gasteiger partial charge in [0, 0.05) is 6.07 Å². The van der Waals surface area contributed by atoms with Crippen LogP contribution >= 0.6 is 0 Å². The molecule has 0 atom stereocenters. The van der Waals surface area contributed by atoms with E-state index in [0.29, 0.717) is 30.2 Å². The van der Waals surface area contributed by atoms with E-state index < -0.39 is 0 Å². The van der Waals surface area contributed by atoms with Crippen molar-refractivity contribution in [1.82, 2.24) is 9.78 Å². The van der Waals surface area contributed by atoms with E-state index in [2.05, 4.69) is 5.10 Å². The highest BCUT2D eigenvalue weighted by Gasteiger charge is 2.08. The van der Waals surface area contributed by atoms with Gasteiger partial charge in [-0.05, 0) is 12.1 Å². The molecule has 15 heavy (non-hydrogen) atoms. The molecule has 5 nitrogen and oxygen atoms in total. The lowest BCUT2D eigenvalue weighted by Gasteiger charge is -1.97. The number of aryl methyl sites for hydroxylation is 1. The normalized spacial score (nSPS) is 10.1. The van der Waals surface area contributed by atoms with E-state index >= 15 is 0 Å². The van der Waals surface area contributed by atoms with E-state index in [0.717, 1.165) is 0 Å². The van der Waals surface area contributed by atoms with Crippen LogP contribution in [0.2, 0.25) is 0 Å². The third-order valence-electron chi connectivity index (χ3n) is 2.02. The lowest BCUT2D eigenvalue weighted by Crippen LogP contribution is -2.03. The van der Waals surface area contributed by atoms with Gasteiger partial charge < -0.3 is 10.2 Å². The summed E-state index contributed by atoms with van der Waals surface area (Å²) < 4.78 is 6.79. The Labute approximate surface area is 86.7 Å². The zero-order chi connectivity index (χ0) is 10.7. The van der Waals surface area contributed by atoms with Crippen LogP contribution in [0.4, 0.5) is 5.82 Å². The number of anilines is 1. The van der Waals surface area contributed by atoms with Gasteiger partial charge in [0.25, 0.3) is 0 Å². The van der Waals surface area contributed by atoms with Gasteiger partial charge in [0.05, 0.1) is 25.3 Å². The summed E-state index contributed by atoms with van der Waals surface area (Å²) in [5, 5.41) is 12.7. The van der Waals surface area contributed by atoms with Gasteiger partial charge >= 0.3 is 0 Å². The summed E-state index contributed by atoms with van der Waals surface area (Å²) in [7, 11) is 0. The molecule has 2 heterocycles. The minimum atomic E-state index is 0.392. The molecule has 0 radical (unpaired) electrons. The second-order valence-electron chi connectivity index (χ2n) is 3.06. The van der Waals surface area contributed by atoms with Crippen LogP contribution < -0.4 is 5.73 Å². The Balaban J connectivity index is 2.26. The van der Waals surface area contributed by atoms with Gasteiger partial charge in [-0.1, -0.05) is 0 Å². The summed E-state index contributed by atoms with van der Waals surface area (Å²) in [6.07, 6.45) is 1.98. The van der Waals surface area contributed by atoms with Crippen LogP contribution in [0.25, 0.3) is 11.5 Å². The Kier molecular flexibility index (Phi) is 2.42. The topological polar surface area (TPSA) is 80.8 Å². The number of nitriles is 1. The van der Waals surface area contributed by atoms with E-state index in [1.807, 2.05) is 12.1 Å². The molecule has 5 heteroatoms. The summed E-state index contributed by atoms with van der Waals surface area (Å²) in [5.74, 6) is 1.22. The van der Waals surface area contributed by atoms with Gasteiger partial charge in [0.2, 0.25) is 0 Å². The number of aromatic nitrogens is 2. The van der Waals surface area contributed by atoms with Gasteiger partial charge in [0.1, 0.15) is 11.5 Å². The Hall–Kier alpha value is -2.22. The Morgan fingerprint density at radius 2 is 2.47 bits per heavy atom. The van der Waals surface area contributed by atoms with Crippen molar-refractivity contribution in [3.8, 4) is 17.5 Å². The van der Waals surface area contributed by atoms with Crippen LogP contribution in [0, 0.1) is 11.3 Å². The van der Waals surface area contributed by atoms with Crippen molar-refractivity contribution in [3.63, 3.8) is 0 Å². The van der Waals surface area contributed by atoms with Crippen molar-refractivity contribution in [2.45, 2.75) is 13.0 Å². The molecule has 0 aliphatic carbocycles. The van der Waals surface area contributed by atoms with E-state index in [9.17, 15) is 0 Å². The van der Waals surface area contributed by atoms with Crippen LogP contribution in [0.15, 0.2) is 28.9 Å². The highest BCUT2D eigenvalue weighted by Crippen LogP contribution is 2.20. The van der Waals surface area contributed by atoms with Gasteiger partial charge in [-0.25, -0.2) is 4.68 Å². The molecule has 0 saturated heterocycles. The van der Waals surface area contributed by atoms with E-state index in [1.165, 1.54) is 0 Å². The summed E-state index contributed by atoms with van der Waals surface area (Å²) in [6.45, 7) is 0.503. The first-order valence-corrected chi connectivity index (χ1v) is 4.55. The van der Waals surface area contributed by atoms with Crippen molar-refractivity contribution in [2.75, 3.05) is 5.73 Å². The predicted octanol–water partition coefficient (Wildman–Crippen LogP) is 1.64. The minimum Gasteiger partial charge on any atom is -0.463 e. The molecule has 0 aliphatic heterocycles. The lowest BCUT2D eigenvalue weighted by atomic mass is 10.3. The predicted molar refractivity (Wildman–Crippen MR) is 54.6 cm³/mol. The number of nitrogen functional groups attached to an aromatic ring is 1. The van der Waals surface area contributed by atoms with E-state index in [-0.39, 0.29) is 0 Å². The zero-order valence-electron chi connectivity index (χ0n) is 8.05. The highest BCUT2D eigenvalue weighted by molar-refractivity contribution is 5.56. The first kappa shape index (κ1) is 9.34. The highest BCUT2D eigenvalue weighted by atomic mass is 16.3. The second kappa shape index (κ2) is 3.88. The second-order valence-corrected chi connectivity index (χ2v) is 3.06. The van der Waals surface area contributed by atoms with Crippen LogP contribution in [-0.2, 0) is 6.54 Å². The zero-order valence-corrected chi connectivity index (χ0v) is 8.05. The van der Waals surface area contributed by atoms with Gasteiger partial charge in [-0.3, -0.25) is 0 Å². The third kappa shape index (κ3) is 1.83. The van der Waals surface area contributed by atoms with Crippen molar-refractivity contribution < 1.29 is 4.42 Å². The number of nitrogens with zero attached hydrogens (tertiary/aromatic N) is 3. The number of rotatable bonds is 3. The molecule has 0 bridgehead atoms. The molecule has 76 valence electrons. The number of hydrogen-bond donors (Lipinski definition) is 1. The molecule has 2 rings (SSSR count). The minimum absolute atomic E-state index is 0.392. The fourth-order valence-electron chi connectivity index (χ4n) is 1.31. The molecule has 0 saturated carbocycles. The van der Waals surface area contributed by atoms with Crippen LogP contribution in [0.3, 0.4) is 0 Å². The Morgan fingerprint density at radius 3 is 3.13 bits per heavy atom.